The van der Waals surface area contributed by atoms with Gasteiger partial charge in [0.25, 0.3) is 0 Å². The van der Waals surface area contributed by atoms with Crippen LogP contribution >= 0.6 is 0 Å². The van der Waals surface area contributed by atoms with E-state index >= 15 is 0 Å². The molecule has 1 aromatic rings. The Morgan fingerprint density at radius 3 is 2.54 bits per heavy atom. The van der Waals surface area contributed by atoms with Gasteiger partial charge >= 0.3 is 5.69 Å². The summed E-state index contributed by atoms with van der Waals surface area (Å²) in [5.74, 6) is 3.96. The Morgan fingerprint density at radius 2 is 1.74 bits per heavy atom. The highest BCUT2D eigenvalue weighted by Crippen LogP contribution is 2.64. The molecule has 1 aromatic heterocycles. The molecule has 5 fully saturated rings. The molecule has 6 nitrogen and oxygen atoms in total. The fourth-order valence-corrected chi connectivity index (χ4v) is 9.92. The number of fused-ring (bicyclic) bond motifs is 5. The smallest absolute Gasteiger partial charge is 0.346 e. The number of Topliss-reactive ketones (excluding diaryl/α,β-unsaturated/α-hetero) is 1. The van der Waals surface area contributed by atoms with Crippen LogP contribution in [0.4, 0.5) is 0 Å². The maximum atomic E-state index is 13.6. The summed E-state index contributed by atoms with van der Waals surface area (Å²) in [5.41, 5.74) is -0.487. The SMILES string of the molecule is C[C@@]1(O)CC[C@H]2[C@H](CC[C@@H]3[C@@H]2CC[C@]2(C)[C@@H](C(=O)Cn4cnn(C5CCCCC5)c4=O)CC[C@@H]32)C1. The van der Waals surface area contributed by atoms with E-state index in [0.29, 0.717) is 11.8 Å². The summed E-state index contributed by atoms with van der Waals surface area (Å²) in [6, 6.07) is 0.204. The molecule has 8 atom stereocenters. The molecule has 5 aliphatic carbocycles. The van der Waals surface area contributed by atoms with Gasteiger partial charge in [-0.1, -0.05) is 26.2 Å². The number of aromatic nitrogens is 3. The van der Waals surface area contributed by atoms with E-state index in [1.807, 2.05) is 6.92 Å². The highest BCUT2D eigenvalue weighted by atomic mass is 16.3. The van der Waals surface area contributed by atoms with E-state index < -0.39 is 5.60 Å². The van der Waals surface area contributed by atoms with Crippen molar-refractivity contribution in [3.8, 4) is 0 Å². The third-order valence-corrected chi connectivity index (χ3v) is 11.6. The van der Waals surface area contributed by atoms with Crippen LogP contribution in [-0.4, -0.2) is 30.8 Å². The number of aliphatic hydroxyl groups is 1. The lowest BCUT2D eigenvalue weighted by molar-refractivity contribution is -0.133. The summed E-state index contributed by atoms with van der Waals surface area (Å²) in [5, 5.41) is 15.1. The van der Waals surface area contributed by atoms with E-state index in [1.165, 1.54) is 38.5 Å². The number of carbonyl (C=O) groups is 1. The van der Waals surface area contributed by atoms with Gasteiger partial charge < -0.3 is 5.11 Å². The predicted octanol–water partition coefficient (Wildman–Crippen LogP) is 5.14. The summed E-state index contributed by atoms with van der Waals surface area (Å²) >= 11 is 0. The van der Waals surface area contributed by atoms with Crippen molar-refractivity contribution >= 4 is 5.78 Å². The van der Waals surface area contributed by atoms with Crippen molar-refractivity contribution in [2.75, 3.05) is 0 Å². The van der Waals surface area contributed by atoms with E-state index in [4.69, 9.17) is 0 Å². The normalized spacial score (nSPS) is 43.9. The van der Waals surface area contributed by atoms with Crippen LogP contribution in [0.3, 0.4) is 0 Å². The average Bonchev–Trinajstić information content (AvgIpc) is 3.38. The van der Waals surface area contributed by atoms with Gasteiger partial charge in [-0.3, -0.25) is 9.36 Å². The van der Waals surface area contributed by atoms with Crippen LogP contribution in [0.2, 0.25) is 0 Å². The topological polar surface area (TPSA) is 77.1 Å². The van der Waals surface area contributed by atoms with Crippen molar-refractivity contribution < 1.29 is 9.90 Å². The number of carbonyl (C=O) groups excluding carboxylic acids is 1. The Hall–Kier alpha value is -1.43. The predicted molar refractivity (Wildman–Crippen MR) is 135 cm³/mol. The molecule has 0 amide bonds. The minimum Gasteiger partial charge on any atom is -0.390 e. The van der Waals surface area contributed by atoms with Crippen LogP contribution in [0.25, 0.3) is 0 Å². The summed E-state index contributed by atoms with van der Waals surface area (Å²) in [6.07, 6.45) is 17.4. The average molecular weight is 484 g/mol. The maximum absolute atomic E-state index is 13.6. The molecule has 0 unspecified atom stereocenters. The molecule has 0 saturated heterocycles. The quantitative estimate of drug-likeness (QED) is 0.643. The molecule has 0 aliphatic heterocycles. The molecular formula is C29H45N3O3. The van der Waals surface area contributed by atoms with Gasteiger partial charge in [0.2, 0.25) is 0 Å². The standard InChI is InChI=1S/C29H45N3O3/c1-28(35)14-12-21-19(16-28)8-9-23-22(21)13-15-29(2)24(23)10-11-25(29)26(33)17-31-18-30-32(27(31)34)20-6-4-3-5-7-20/h18-25,35H,3-17H2,1-2H3/t19-,21+,22-,23-,24+,25-,28-,29+/m1/s1. The minimum absolute atomic E-state index is 0.0724. The zero-order valence-corrected chi connectivity index (χ0v) is 21.8. The monoisotopic (exact) mass is 483 g/mol. The lowest BCUT2D eigenvalue weighted by Gasteiger charge is -2.56. The second-order valence-electron chi connectivity index (χ2n) is 13.6. The van der Waals surface area contributed by atoms with Crippen LogP contribution in [0.15, 0.2) is 11.1 Å². The molecule has 0 aromatic carbocycles. The second kappa shape index (κ2) is 8.85. The maximum Gasteiger partial charge on any atom is 0.346 e. The van der Waals surface area contributed by atoms with E-state index in [1.54, 1.807) is 15.6 Å². The molecule has 5 aliphatic rings. The van der Waals surface area contributed by atoms with Gasteiger partial charge in [0.1, 0.15) is 6.33 Å². The number of hydrogen-bond donors (Lipinski definition) is 1. The minimum atomic E-state index is -0.467. The van der Waals surface area contributed by atoms with Gasteiger partial charge in [-0.2, -0.15) is 5.10 Å². The summed E-state index contributed by atoms with van der Waals surface area (Å²) < 4.78 is 3.23. The van der Waals surface area contributed by atoms with Crippen molar-refractivity contribution in [2.24, 2.45) is 40.9 Å². The van der Waals surface area contributed by atoms with Crippen LogP contribution in [0.5, 0.6) is 0 Å². The van der Waals surface area contributed by atoms with Crippen molar-refractivity contribution in [1.29, 1.82) is 0 Å². The second-order valence-corrected chi connectivity index (χ2v) is 13.6. The third-order valence-electron chi connectivity index (χ3n) is 11.6. The Morgan fingerprint density at radius 1 is 0.971 bits per heavy atom. The Kier molecular flexibility index (Phi) is 6.05. The summed E-state index contributed by atoms with van der Waals surface area (Å²) in [6.45, 7) is 4.62. The van der Waals surface area contributed by atoms with Crippen molar-refractivity contribution in [1.82, 2.24) is 14.3 Å². The molecule has 0 spiro atoms. The van der Waals surface area contributed by atoms with Crippen molar-refractivity contribution in [3.05, 3.63) is 16.8 Å². The fraction of sp³-hybridized carbons (Fsp3) is 0.897. The van der Waals surface area contributed by atoms with E-state index in [0.717, 1.165) is 69.1 Å². The Bertz CT molecular complexity index is 1010. The number of ketones is 1. The van der Waals surface area contributed by atoms with Crippen LogP contribution in [0, 0.1) is 40.9 Å². The first kappa shape index (κ1) is 23.9. The molecule has 0 radical (unpaired) electrons. The van der Waals surface area contributed by atoms with Gasteiger partial charge in [-0.05, 0) is 113 Å². The lowest BCUT2D eigenvalue weighted by atomic mass is 9.49. The van der Waals surface area contributed by atoms with Crippen molar-refractivity contribution in [2.45, 2.75) is 122 Å². The molecule has 35 heavy (non-hydrogen) atoms. The van der Waals surface area contributed by atoms with Gasteiger partial charge in [0, 0.05) is 5.92 Å². The number of rotatable bonds is 4. The summed E-state index contributed by atoms with van der Waals surface area (Å²) in [7, 11) is 0. The van der Waals surface area contributed by atoms with Gasteiger partial charge in [-0.15, -0.1) is 0 Å². The van der Waals surface area contributed by atoms with Gasteiger partial charge in [-0.25, -0.2) is 9.48 Å². The molecule has 1 heterocycles. The van der Waals surface area contributed by atoms with Crippen molar-refractivity contribution in [3.63, 3.8) is 0 Å². The Labute approximate surface area is 209 Å². The van der Waals surface area contributed by atoms with E-state index in [9.17, 15) is 14.7 Å². The molecule has 0 bridgehead atoms. The molecule has 6 heteroatoms. The third kappa shape index (κ3) is 4.06. The first-order valence-corrected chi connectivity index (χ1v) is 14.7. The Balaban J connectivity index is 1.15. The highest BCUT2D eigenvalue weighted by Gasteiger charge is 2.58. The van der Waals surface area contributed by atoms with E-state index in [2.05, 4.69) is 12.0 Å². The zero-order valence-electron chi connectivity index (χ0n) is 21.8. The first-order valence-electron chi connectivity index (χ1n) is 14.7. The van der Waals surface area contributed by atoms with Gasteiger partial charge in [0.15, 0.2) is 5.78 Å². The lowest BCUT2D eigenvalue weighted by Crippen LogP contribution is -2.51. The molecule has 1 N–H and O–H groups in total. The van der Waals surface area contributed by atoms with E-state index in [-0.39, 0.29) is 35.4 Å². The summed E-state index contributed by atoms with van der Waals surface area (Å²) in [4.78, 5) is 26.7. The van der Waals surface area contributed by atoms with Crippen LogP contribution < -0.4 is 5.69 Å². The van der Waals surface area contributed by atoms with Gasteiger partial charge in [0.05, 0.1) is 18.2 Å². The number of hydrogen-bond acceptors (Lipinski definition) is 4. The van der Waals surface area contributed by atoms with Crippen LogP contribution in [-0.2, 0) is 11.3 Å². The molecule has 6 rings (SSSR count). The molecule has 194 valence electrons. The fourth-order valence-electron chi connectivity index (χ4n) is 9.92. The largest absolute Gasteiger partial charge is 0.390 e. The zero-order chi connectivity index (χ0) is 24.4. The molecule has 5 saturated carbocycles. The molecular weight excluding hydrogens is 438 g/mol. The highest BCUT2D eigenvalue weighted by molar-refractivity contribution is 5.82. The van der Waals surface area contributed by atoms with Crippen LogP contribution in [0.1, 0.15) is 110 Å². The first-order chi connectivity index (χ1) is 16.8. The number of nitrogens with zero attached hydrogens (tertiary/aromatic N) is 3.